The fraction of sp³-hybridized carbons (Fsp3) is 0.611. The molecule has 6 heteroatoms. The molecule has 0 saturated carbocycles. The van der Waals surface area contributed by atoms with Crippen LogP contribution >= 0.6 is 11.8 Å². The van der Waals surface area contributed by atoms with Crippen LogP contribution in [0.3, 0.4) is 0 Å². The Balaban J connectivity index is 1.70. The number of para-hydroxylation sites is 1. The highest BCUT2D eigenvalue weighted by Crippen LogP contribution is 2.25. The molecule has 24 heavy (non-hydrogen) atoms. The van der Waals surface area contributed by atoms with Crippen LogP contribution in [0.25, 0.3) is 0 Å². The maximum absolute atomic E-state index is 10.1. The van der Waals surface area contributed by atoms with Gasteiger partial charge in [0.2, 0.25) is 0 Å². The highest BCUT2D eigenvalue weighted by molar-refractivity contribution is 7.98. The number of aliphatic hydroxyl groups excluding tert-OH is 1. The minimum atomic E-state index is -0.583. The van der Waals surface area contributed by atoms with Crippen LogP contribution in [-0.2, 0) is 0 Å². The van der Waals surface area contributed by atoms with Gasteiger partial charge in [-0.3, -0.25) is 4.99 Å². The van der Waals surface area contributed by atoms with Gasteiger partial charge < -0.3 is 20.5 Å². The number of thioether (sulfide) groups is 1. The molecular weight excluding hydrogens is 322 g/mol. The Morgan fingerprint density at radius 1 is 1.42 bits per heavy atom. The fourth-order valence-electron chi connectivity index (χ4n) is 2.56. The van der Waals surface area contributed by atoms with Crippen molar-refractivity contribution in [3.05, 3.63) is 29.8 Å². The lowest BCUT2D eigenvalue weighted by atomic mass is 10.0. The molecule has 0 radical (unpaired) electrons. The molecule has 1 unspecified atom stereocenters. The number of nitrogens with zero attached hydrogens (tertiary/aromatic N) is 1. The lowest BCUT2D eigenvalue weighted by Crippen LogP contribution is -2.43. The molecule has 1 aliphatic rings. The maximum atomic E-state index is 10.1. The predicted molar refractivity (Wildman–Crippen MR) is 102 cm³/mol. The van der Waals surface area contributed by atoms with Crippen LogP contribution in [0, 0.1) is 0 Å². The molecule has 5 nitrogen and oxygen atoms in total. The zero-order valence-corrected chi connectivity index (χ0v) is 15.6. The van der Waals surface area contributed by atoms with Crippen molar-refractivity contribution >= 4 is 17.7 Å². The monoisotopic (exact) mass is 351 g/mol. The summed E-state index contributed by atoms with van der Waals surface area (Å²) in [6, 6.07) is 8.39. The van der Waals surface area contributed by atoms with Crippen molar-refractivity contribution in [3.63, 3.8) is 0 Å². The normalized spacial score (nSPS) is 18.2. The van der Waals surface area contributed by atoms with E-state index in [1.54, 1.807) is 0 Å². The molecule has 1 heterocycles. The Hall–Kier alpha value is -1.40. The van der Waals surface area contributed by atoms with Crippen LogP contribution in [0.2, 0.25) is 0 Å². The zero-order valence-electron chi connectivity index (χ0n) is 14.8. The fourth-order valence-corrected chi connectivity index (χ4v) is 3.09. The summed E-state index contributed by atoms with van der Waals surface area (Å²) < 4.78 is 5.80. The summed E-state index contributed by atoms with van der Waals surface area (Å²) in [5.41, 5.74) is 1.16. The number of guanidine groups is 1. The van der Waals surface area contributed by atoms with Crippen molar-refractivity contribution in [1.29, 1.82) is 0 Å². The van der Waals surface area contributed by atoms with Gasteiger partial charge in [-0.25, -0.2) is 0 Å². The van der Waals surface area contributed by atoms with E-state index >= 15 is 0 Å². The van der Waals surface area contributed by atoms with E-state index < -0.39 is 6.10 Å². The zero-order chi connectivity index (χ0) is 17.4. The second-order valence-electron chi connectivity index (χ2n) is 6.35. The van der Waals surface area contributed by atoms with E-state index in [1.807, 2.05) is 30.0 Å². The second-order valence-corrected chi connectivity index (χ2v) is 7.34. The van der Waals surface area contributed by atoms with Gasteiger partial charge in [-0.2, -0.15) is 11.8 Å². The minimum absolute atomic E-state index is 0.264. The van der Waals surface area contributed by atoms with Gasteiger partial charge in [0, 0.05) is 12.6 Å². The summed E-state index contributed by atoms with van der Waals surface area (Å²) in [4.78, 5) is 4.43. The molecule has 2 atom stereocenters. The van der Waals surface area contributed by atoms with Crippen molar-refractivity contribution in [2.24, 2.45) is 4.99 Å². The number of nitrogens with one attached hydrogen (secondary N) is 2. The van der Waals surface area contributed by atoms with Gasteiger partial charge in [-0.1, -0.05) is 32.0 Å². The Morgan fingerprint density at radius 2 is 2.21 bits per heavy atom. The van der Waals surface area contributed by atoms with Crippen LogP contribution in [0.4, 0.5) is 0 Å². The highest BCUT2D eigenvalue weighted by atomic mass is 32.2. The van der Waals surface area contributed by atoms with Crippen molar-refractivity contribution in [2.45, 2.75) is 38.3 Å². The first-order valence-corrected chi connectivity index (χ1v) is 9.93. The van der Waals surface area contributed by atoms with Crippen molar-refractivity contribution < 1.29 is 9.84 Å². The number of hydrogen-bond donors (Lipinski definition) is 3. The van der Waals surface area contributed by atoms with Crippen LogP contribution in [0.5, 0.6) is 5.75 Å². The summed E-state index contributed by atoms with van der Waals surface area (Å²) in [5, 5.41) is 16.7. The first kappa shape index (κ1) is 18.9. The van der Waals surface area contributed by atoms with Crippen LogP contribution in [0.15, 0.2) is 29.3 Å². The molecule has 1 aromatic rings. The van der Waals surface area contributed by atoms with E-state index in [0.29, 0.717) is 18.5 Å². The molecule has 134 valence electrons. The summed E-state index contributed by atoms with van der Waals surface area (Å²) in [6.07, 6.45) is 2.64. The van der Waals surface area contributed by atoms with Gasteiger partial charge >= 0.3 is 0 Å². The van der Waals surface area contributed by atoms with E-state index in [0.717, 1.165) is 36.0 Å². The number of rotatable bonds is 9. The predicted octanol–water partition coefficient (Wildman–Crippen LogP) is 2.22. The lowest BCUT2D eigenvalue weighted by molar-refractivity contribution is 0.109. The molecule has 0 fully saturated rings. The Labute approximate surface area is 149 Å². The smallest absolute Gasteiger partial charge is 0.191 e. The van der Waals surface area contributed by atoms with Crippen LogP contribution < -0.4 is 15.4 Å². The second kappa shape index (κ2) is 9.79. The highest BCUT2D eigenvalue weighted by Gasteiger charge is 2.17. The third kappa shape index (κ3) is 5.91. The first-order valence-electron chi connectivity index (χ1n) is 8.53. The average molecular weight is 352 g/mol. The Morgan fingerprint density at radius 3 is 2.96 bits per heavy atom. The molecule has 0 bridgehead atoms. The van der Waals surface area contributed by atoms with Gasteiger partial charge in [-0.15, -0.1) is 0 Å². The van der Waals surface area contributed by atoms with Gasteiger partial charge in [0.05, 0.1) is 6.54 Å². The van der Waals surface area contributed by atoms with Crippen LogP contribution in [-0.4, -0.2) is 54.9 Å². The van der Waals surface area contributed by atoms with Crippen molar-refractivity contribution in [1.82, 2.24) is 10.6 Å². The molecule has 1 aliphatic heterocycles. The molecular formula is C18H29N3O2S. The van der Waals surface area contributed by atoms with Gasteiger partial charge in [0.25, 0.3) is 0 Å². The molecule has 0 aliphatic carbocycles. The summed E-state index contributed by atoms with van der Waals surface area (Å²) in [5.74, 6) is 3.15. The molecule has 0 aromatic heterocycles. The molecule has 3 N–H and O–H groups in total. The third-order valence-electron chi connectivity index (χ3n) is 3.96. The molecule has 0 saturated heterocycles. The minimum Gasteiger partial charge on any atom is -0.491 e. The summed E-state index contributed by atoms with van der Waals surface area (Å²) >= 11 is 1.85. The van der Waals surface area contributed by atoms with Gasteiger partial charge in [-0.05, 0) is 36.0 Å². The van der Waals surface area contributed by atoms with E-state index in [-0.39, 0.29) is 6.61 Å². The van der Waals surface area contributed by atoms with E-state index in [9.17, 15) is 5.11 Å². The number of ether oxygens (including phenoxy) is 1. The number of benzene rings is 1. The molecule has 2 rings (SSSR count). The van der Waals surface area contributed by atoms with E-state index in [1.165, 1.54) is 0 Å². The van der Waals surface area contributed by atoms with Gasteiger partial charge in [0.15, 0.2) is 5.96 Å². The van der Waals surface area contributed by atoms with E-state index in [4.69, 9.17) is 4.74 Å². The number of aliphatic imine (C=N–C) groups is 1. The van der Waals surface area contributed by atoms with Crippen LogP contribution in [0.1, 0.15) is 31.7 Å². The van der Waals surface area contributed by atoms with Crippen molar-refractivity contribution in [3.8, 4) is 5.75 Å². The van der Waals surface area contributed by atoms with Crippen molar-refractivity contribution in [2.75, 3.05) is 31.7 Å². The summed E-state index contributed by atoms with van der Waals surface area (Å²) in [6.45, 7) is 5.76. The Kier molecular flexibility index (Phi) is 7.72. The molecule has 0 amide bonds. The molecule has 1 aromatic carbocycles. The maximum Gasteiger partial charge on any atom is 0.191 e. The largest absolute Gasteiger partial charge is 0.491 e. The third-order valence-corrected chi connectivity index (χ3v) is 4.60. The summed E-state index contributed by atoms with van der Waals surface area (Å²) in [7, 11) is 0. The number of hydrogen-bond acceptors (Lipinski definition) is 6. The SMILES string of the molecule is CSCC[C@H]1CN=C(NCC(O)COc2ccccc2C(C)C)N1. The Bertz CT molecular complexity index is 537. The van der Waals surface area contributed by atoms with E-state index in [2.05, 4.69) is 41.8 Å². The lowest BCUT2D eigenvalue weighted by Gasteiger charge is -2.18. The van der Waals surface area contributed by atoms with Gasteiger partial charge in [0.1, 0.15) is 18.5 Å². The standard InChI is InChI=1S/C18H29N3O2S/c1-13(2)16-6-4-5-7-17(16)23-12-15(22)11-20-18-19-10-14(21-18)8-9-24-3/h4-7,13-15,22H,8-12H2,1-3H3,(H2,19,20,21)/t14-,15?/m0/s1. The molecule has 0 spiro atoms. The first-order chi connectivity index (χ1) is 11.6. The number of aliphatic hydroxyl groups is 1. The topological polar surface area (TPSA) is 65.9 Å². The quantitative estimate of drug-likeness (QED) is 0.637. The average Bonchev–Trinajstić information content (AvgIpc) is 3.04.